The van der Waals surface area contributed by atoms with E-state index in [-0.39, 0.29) is 12.5 Å². The van der Waals surface area contributed by atoms with Gasteiger partial charge in [-0.25, -0.2) is 0 Å². The Hall–Kier alpha value is -1.35. The summed E-state index contributed by atoms with van der Waals surface area (Å²) in [7, 11) is 0. The molecular formula is C12H17NO2. The van der Waals surface area contributed by atoms with Gasteiger partial charge in [0.1, 0.15) is 0 Å². The first-order valence-electron chi connectivity index (χ1n) is 5.20. The molecule has 0 saturated heterocycles. The van der Waals surface area contributed by atoms with Gasteiger partial charge in [-0.05, 0) is 24.8 Å². The van der Waals surface area contributed by atoms with Crippen LogP contribution in [0.25, 0.3) is 0 Å². The van der Waals surface area contributed by atoms with E-state index in [0.29, 0.717) is 6.42 Å². The average Bonchev–Trinajstić information content (AvgIpc) is 2.25. The fraction of sp³-hybridized carbons (Fsp3) is 0.417. The van der Waals surface area contributed by atoms with Gasteiger partial charge in [0.15, 0.2) is 0 Å². The van der Waals surface area contributed by atoms with Gasteiger partial charge in [-0.3, -0.25) is 4.79 Å². The normalized spacial score (nSPS) is 12.3. The predicted molar refractivity (Wildman–Crippen MR) is 59.6 cm³/mol. The van der Waals surface area contributed by atoms with E-state index in [1.807, 2.05) is 18.2 Å². The van der Waals surface area contributed by atoms with Crippen molar-refractivity contribution in [2.45, 2.75) is 31.7 Å². The highest BCUT2D eigenvalue weighted by Gasteiger charge is 2.05. The molecule has 0 aliphatic carbocycles. The summed E-state index contributed by atoms with van der Waals surface area (Å²) in [5, 5.41) is 8.49. The van der Waals surface area contributed by atoms with Crippen molar-refractivity contribution < 1.29 is 9.90 Å². The molecule has 1 atom stereocenters. The van der Waals surface area contributed by atoms with Crippen molar-refractivity contribution in [1.29, 1.82) is 0 Å². The number of benzene rings is 1. The largest absolute Gasteiger partial charge is 0.481 e. The molecule has 0 saturated carbocycles. The second-order valence-electron chi connectivity index (χ2n) is 3.72. The second kappa shape index (κ2) is 6.19. The van der Waals surface area contributed by atoms with Gasteiger partial charge in [-0.15, -0.1) is 0 Å². The molecule has 0 spiro atoms. The van der Waals surface area contributed by atoms with Gasteiger partial charge in [-0.2, -0.15) is 0 Å². The molecular weight excluding hydrogens is 190 g/mol. The zero-order valence-electron chi connectivity index (χ0n) is 8.73. The fourth-order valence-electron chi connectivity index (χ4n) is 1.45. The molecule has 0 bridgehead atoms. The molecule has 0 aliphatic heterocycles. The topological polar surface area (TPSA) is 63.3 Å². The third kappa shape index (κ3) is 5.18. The highest BCUT2D eigenvalue weighted by Crippen LogP contribution is 2.06. The van der Waals surface area contributed by atoms with Crippen LogP contribution in [-0.4, -0.2) is 17.1 Å². The number of nitrogens with two attached hydrogens (primary N) is 1. The Morgan fingerprint density at radius 3 is 2.53 bits per heavy atom. The predicted octanol–water partition coefficient (Wildman–Crippen LogP) is 1.81. The summed E-state index contributed by atoms with van der Waals surface area (Å²) in [6.45, 7) is 0. The lowest BCUT2D eigenvalue weighted by molar-refractivity contribution is -0.137. The SMILES string of the molecule is NC(CCC(=O)O)CCc1ccccc1. The lowest BCUT2D eigenvalue weighted by Gasteiger charge is -2.09. The van der Waals surface area contributed by atoms with E-state index < -0.39 is 5.97 Å². The Morgan fingerprint density at radius 2 is 1.93 bits per heavy atom. The number of aliphatic carboxylic acids is 1. The Kier molecular flexibility index (Phi) is 4.84. The first kappa shape index (κ1) is 11.7. The van der Waals surface area contributed by atoms with E-state index in [2.05, 4.69) is 12.1 Å². The average molecular weight is 207 g/mol. The first-order valence-corrected chi connectivity index (χ1v) is 5.20. The fourth-order valence-corrected chi connectivity index (χ4v) is 1.45. The second-order valence-corrected chi connectivity index (χ2v) is 3.72. The molecule has 0 aromatic heterocycles. The van der Waals surface area contributed by atoms with E-state index in [1.165, 1.54) is 5.56 Å². The molecule has 3 heteroatoms. The van der Waals surface area contributed by atoms with Crippen LogP contribution in [0.4, 0.5) is 0 Å². The minimum absolute atomic E-state index is 0.0127. The van der Waals surface area contributed by atoms with Gasteiger partial charge >= 0.3 is 5.97 Å². The Morgan fingerprint density at radius 1 is 1.27 bits per heavy atom. The molecule has 0 amide bonds. The van der Waals surface area contributed by atoms with Crippen molar-refractivity contribution in [3.05, 3.63) is 35.9 Å². The van der Waals surface area contributed by atoms with Crippen LogP contribution in [0.2, 0.25) is 0 Å². The summed E-state index contributed by atoms with van der Waals surface area (Å²) in [6.07, 6.45) is 2.48. The number of carboxylic acids is 1. The molecule has 82 valence electrons. The monoisotopic (exact) mass is 207 g/mol. The van der Waals surface area contributed by atoms with E-state index >= 15 is 0 Å². The number of rotatable bonds is 6. The number of carboxylic acid groups (broad SMARTS) is 1. The Balaban J connectivity index is 2.22. The maximum absolute atomic E-state index is 10.3. The van der Waals surface area contributed by atoms with Crippen molar-refractivity contribution in [3.63, 3.8) is 0 Å². The van der Waals surface area contributed by atoms with E-state index in [4.69, 9.17) is 10.8 Å². The van der Waals surface area contributed by atoms with Crippen LogP contribution >= 0.6 is 0 Å². The van der Waals surface area contributed by atoms with Gasteiger partial charge in [0.2, 0.25) is 0 Å². The van der Waals surface area contributed by atoms with Gasteiger partial charge in [0, 0.05) is 12.5 Å². The quantitative estimate of drug-likeness (QED) is 0.747. The van der Waals surface area contributed by atoms with Crippen molar-refractivity contribution in [1.82, 2.24) is 0 Å². The minimum atomic E-state index is -0.773. The highest BCUT2D eigenvalue weighted by atomic mass is 16.4. The van der Waals surface area contributed by atoms with Gasteiger partial charge in [0.25, 0.3) is 0 Å². The standard InChI is InChI=1S/C12H17NO2/c13-11(8-9-12(14)15)7-6-10-4-2-1-3-5-10/h1-5,11H,6-9,13H2,(H,14,15). The maximum atomic E-state index is 10.3. The maximum Gasteiger partial charge on any atom is 0.303 e. The third-order valence-corrected chi connectivity index (χ3v) is 2.38. The van der Waals surface area contributed by atoms with Crippen LogP contribution in [-0.2, 0) is 11.2 Å². The zero-order chi connectivity index (χ0) is 11.1. The van der Waals surface area contributed by atoms with Crippen LogP contribution in [0, 0.1) is 0 Å². The molecule has 0 heterocycles. The molecule has 0 fully saturated rings. The van der Waals surface area contributed by atoms with Crippen LogP contribution in [0.3, 0.4) is 0 Å². The summed E-state index contributed by atoms with van der Waals surface area (Å²) in [5.41, 5.74) is 7.06. The summed E-state index contributed by atoms with van der Waals surface area (Å²) in [6, 6.07) is 10.1. The van der Waals surface area contributed by atoms with E-state index in [9.17, 15) is 4.79 Å². The molecule has 3 nitrogen and oxygen atoms in total. The smallest absolute Gasteiger partial charge is 0.303 e. The number of aryl methyl sites for hydroxylation is 1. The van der Waals surface area contributed by atoms with Gasteiger partial charge in [0.05, 0.1) is 0 Å². The van der Waals surface area contributed by atoms with Crippen molar-refractivity contribution in [3.8, 4) is 0 Å². The number of carbonyl (C=O) groups is 1. The zero-order valence-corrected chi connectivity index (χ0v) is 8.73. The lowest BCUT2D eigenvalue weighted by atomic mass is 10.0. The summed E-state index contributed by atoms with van der Waals surface area (Å²) in [4.78, 5) is 10.3. The number of hydrogen-bond acceptors (Lipinski definition) is 2. The molecule has 0 aliphatic rings. The van der Waals surface area contributed by atoms with Gasteiger partial charge < -0.3 is 10.8 Å². The van der Waals surface area contributed by atoms with Crippen LogP contribution in [0.5, 0.6) is 0 Å². The van der Waals surface area contributed by atoms with Crippen LogP contribution in [0.15, 0.2) is 30.3 Å². The molecule has 15 heavy (non-hydrogen) atoms. The highest BCUT2D eigenvalue weighted by molar-refractivity contribution is 5.66. The molecule has 1 aromatic carbocycles. The minimum Gasteiger partial charge on any atom is -0.481 e. The number of hydrogen-bond donors (Lipinski definition) is 2. The van der Waals surface area contributed by atoms with E-state index in [0.717, 1.165) is 12.8 Å². The Bertz CT molecular complexity index is 298. The van der Waals surface area contributed by atoms with Crippen molar-refractivity contribution in [2.75, 3.05) is 0 Å². The van der Waals surface area contributed by atoms with Crippen LogP contribution in [0.1, 0.15) is 24.8 Å². The summed E-state index contributed by atoms with van der Waals surface area (Å²) >= 11 is 0. The molecule has 1 unspecified atom stereocenters. The summed E-state index contributed by atoms with van der Waals surface area (Å²) in [5.74, 6) is -0.773. The van der Waals surface area contributed by atoms with Crippen molar-refractivity contribution >= 4 is 5.97 Å². The summed E-state index contributed by atoms with van der Waals surface area (Å²) < 4.78 is 0. The van der Waals surface area contributed by atoms with Crippen LogP contribution < -0.4 is 5.73 Å². The van der Waals surface area contributed by atoms with E-state index in [1.54, 1.807) is 0 Å². The molecule has 3 N–H and O–H groups in total. The first-order chi connectivity index (χ1) is 7.18. The van der Waals surface area contributed by atoms with Crippen molar-refractivity contribution in [2.24, 2.45) is 5.73 Å². The lowest BCUT2D eigenvalue weighted by Crippen LogP contribution is -2.21. The molecule has 1 rings (SSSR count). The Labute approximate surface area is 89.9 Å². The third-order valence-electron chi connectivity index (χ3n) is 2.38. The van der Waals surface area contributed by atoms with Gasteiger partial charge in [-0.1, -0.05) is 30.3 Å². The molecule has 1 aromatic rings. The molecule has 0 radical (unpaired) electrons.